The SMILES string of the molecule is COc1c(Cl)cccc1Nc1c(-c2ccncc2OCC[C@@H](C)OC)[nH]c2c1C(=O)N[C@H](C)C2. The van der Waals surface area contributed by atoms with Crippen LogP contribution in [0.15, 0.2) is 36.7 Å². The van der Waals surface area contributed by atoms with Crippen LogP contribution in [0.4, 0.5) is 11.4 Å². The fourth-order valence-corrected chi connectivity index (χ4v) is 4.29. The van der Waals surface area contributed by atoms with E-state index in [1.54, 1.807) is 32.7 Å². The van der Waals surface area contributed by atoms with Gasteiger partial charge in [-0.15, -0.1) is 0 Å². The van der Waals surface area contributed by atoms with Gasteiger partial charge < -0.3 is 29.8 Å². The number of aromatic amines is 1. The van der Waals surface area contributed by atoms with Gasteiger partial charge in [-0.2, -0.15) is 0 Å². The molecule has 1 aromatic carbocycles. The molecule has 0 spiro atoms. The molecular formula is C25H29ClN4O4. The monoisotopic (exact) mass is 484 g/mol. The molecule has 0 radical (unpaired) electrons. The molecule has 0 aliphatic carbocycles. The van der Waals surface area contributed by atoms with E-state index >= 15 is 0 Å². The second-order valence-electron chi connectivity index (χ2n) is 8.31. The van der Waals surface area contributed by atoms with Crippen molar-refractivity contribution in [2.75, 3.05) is 26.1 Å². The molecule has 3 aromatic rings. The summed E-state index contributed by atoms with van der Waals surface area (Å²) in [5.74, 6) is 0.957. The van der Waals surface area contributed by atoms with Gasteiger partial charge in [0.1, 0.15) is 5.75 Å². The molecule has 0 saturated carbocycles. The maximum absolute atomic E-state index is 13.1. The summed E-state index contributed by atoms with van der Waals surface area (Å²) in [7, 11) is 3.24. The Balaban J connectivity index is 1.80. The number of carbonyl (C=O) groups excluding carboxylic acids is 1. The summed E-state index contributed by atoms with van der Waals surface area (Å²) in [6, 6.07) is 7.32. The summed E-state index contributed by atoms with van der Waals surface area (Å²) in [5.41, 5.74) is 4.21. The molecule has 0 fully saturated rings. The normalized spacial score (nSPS) is 15.9. The maximum Gasteiger partial charge on any atom is 0.255 e. The molecule has 2 aromatic heterocycles. The van der Waals surface area contributed by atoms with E-state index in [9.17, 15) is 4.79 Å². The number of fused-ring (bicyclic) bond motifs is 1. The summed E-state index contributed by atoms with van der Waals surface area (Å²) in [6.07, 6.45) is 4.87. The van der Waals surface area contributed by atoms with Gasteiger partial charge in [-0.1, -0.05) is 17.7 Å². The van der Waals surface area contributed by atoms with Gasteiger partial charge in [0, 0.05) is 43.4 Å². The Bertz CT molecular complexity index is 1180. The van der Waals surface area contributed by atoms with E-state index < -0.39 is 0 Å². The lowest BCUT2D eigenvalue weighted by atomic mass is 10.0. The summed E-state index contributed by atoms with van der Waals surface area (Å²) in [4.78, 5) is 20.8. The average Bonchev–Trinajstić information content (AvgIpc) is 3.17. The molecule has 0 bridgehead atoms. The Hall–Kier alpha value is -3.23. The predicted octanol–water partition coefficient (Wildman–Crippen LogP) is 4.96. The van der Waals surface area contributed by atoms with E-state index in [-0.39, 0.29) is 18.1 Å². The Morgan fingerprint density at radius 1 is 1.29 bits per heavy atom. The van der Waals surface area contributed by atoms with Crippen molar-refractivity contribution in [1.82, 2.24) is 15.3 Å². The number of nitrogens with one attached hydrogen (secondary N) is 3. The summed E-state index contributed by atoms with van der Waals surface area (Å²) in [6.45, 7) is 4.44. The van der Waals surface area contributed by atoms with Gasteiger partial charge in [0.2, 0.25) is 0 Å². The third kappa shape index (κ3) is 4.83. The smallest absolute Gasteiger partial charge is 0.255 e. The first-order valence-electron chi connectivity index (χ1n) is 11.2. The molecule has 34 heavy (non-hydrogen) atoms. The highest BCUT2D eigenvalue weighted by atomic mass is 35.5. The molecule has 0 saturated heterocycles. The van der Waals surface area contributed by atoms with E-state index in [2.05, 4.69) is 20.6 Å². The fraction of sp³-hybridized carbons (Fsp3) is 0.360. The highest BCUT2D eigenvalue weighted by Gasteiger charge is 2.31. The molecule has 180 valence electrons. The predicted molar refractivity (Wildman–Crippen MR) is 133 cm³/mol. The number of nitrogens with zero attached hydrogens (tertiary/aromatic N) is 1. The quantitative estimate of drug-likeness (QED) is 0.397. The van der Waals surface area contributed by atoms with E-state index in [1.165, 1.54) is 0 Å². The number of methoxy groups -OCH3 is 2. The largest absolute Gasteiger partial charge is 0.493 e. The first-order chi connectivity index (χ1) is 16.4. The second-order valence-corrected chi connectivity index (χ2v) is 8.72. The number of hydrogen-bond donors (Lipinski definition) is 3. The number of benzene rings is 1. The van der Waals surface area contributed by atoms with Crippen molar-refractivity contribution < 1.29 is 19.0 Å². The molecule has 1 aliphatic rings. The first-order valence-corrected chi connectivity index (χ1v) is 11.6. The van der Waals surface area contributed by atoms with Gasteiger partial charge >= 0.3 is 0 Å². The fourth-order valence-electron chi connectivity index (χ4n) is 4.04. The number of halogens is 1. The molecule has 8 nitrogen and oxygen atoms in total. The number of pyridine rings is 1. The average molecular weight is 485 g/mol. The highest BCUT2D eigenvalue weighted by molar-refractivity contribution is 6.32. The van der Waals surface area contributed by atoms with Crippen molar-refractivity contribution in [3.05, 3.63) is 52.9 Å². The number of para-hydroxylation sites is 1. The Morgan fingerprint density at radius 2 is 2.12 bits per heavy atom. The number of H-pyrrole nitrogens is 1. The summed E-state index contributed by atoms with van der Waals surface area (Å²) in [5, 5.41) is 6.89. The van der Waals surface area contributed by atoms with Crippen molar-refractivity contribution in [3.8, 4) is 22.8 Å². The molecule has 3 N–H and O–H groups in total. The molecule has 3 heterocycles. The molecule has 4 rings (SSSR count). The molecule has 9 heteroatoms. The maximum atomic E-state index is 13.1. The van der Waals surface area contributed by atoms with Crippen LogP contribution in [0.1, 0.15) is 36.3 Å². The summed E-state index contributed by atoms with van der Waals surface area (Å²) < 4.78 is 16.9. The number of hydrogen-bond acceptors (Lipinski definition) is 6. The Morgan fingerprint density at radius 3 is 2.88 bits per heavy atom. The molecular weight excluding hydrogens is 456 g/mol. The van der Waals surface area contributed by atoms with Crippen molar-refractivity contribution in [1.29, 1.82) is 0 Å². The lowest BCUT2D eigenvalue weighted by Gasteiger charge is -2.21. The first kappa shape index (κ1) is 23.9. The number of ether oxygens (including phenoxy) is 3. The number of anilines is 2. The van der Waals surface area contributed by atoms with Crippen molar-refractivity contribution in [3.63, 3.8) is 0 Å². The van der Waals surface area contributed by atoms with Crippen LogP contribution in [-0.2, 0) is 11.2 Å². The van der Waals surface area contributed by atoms with Gasteiger partial charge in [0.25, 0.3) is 5.91 Å². The third-order valence-electron chi connectivity index (χ3n) is 5.86. The third-order valence-corrected chi connectivity index (χ3v) is 6.16. The van der Waals surface area contributed by atoms with Gasteiger partial charge in [0.15, 0.2) is 5.75 Å². The van der Waals surface area contributed by atoms with Gasteiger partial charge in [0.05, 0.1) is 53.7 Å². The minimum atomic E-state index is -0.148. The topological polar surface area (TPSA) is 97.5 Å². The van der Waals surface area contributed by atoms with Crippen molar-refractivity contribution in [2.24, 2.45) is 0 Å². The Kier molecular flexibility index (Phi) is 7.29. The van der Waals surface area contributed by atoms with Crippen LogP contribution in [-0.4, -0.2) is 48.8 Å². The highest BCUT2D eigenvalue weighted by Crippen LogP contribution is 2.43. The second kappa shape index (κ2) is 10.4. The van der Waals surface area contributed by atoms with Crippen LogP contribution in [0.3, 0.4) is 0 Å². The zero-order valence-corrected chi connectivity index (χ0v) is 20.5. The van der Waals surface area contributed by atoms with Crippen LogP contribution >= 0.6 is 11.6 Å². The molecule has 2 atom stereocenters. The van der Waals surface area contributed by atoms with Crippen LogP contribution in [0.25, 0.3) is 11.3 Å². The van der Waals surface area contributed by atoms with Crippen LogP contribution in [0, 0.1) is 0 Å². The lowest BCUT2D eigenvalue weighted by Crippen LogP contribution is -2.39. The van der Waals surface area contributed by atoms with Crippen LogP contribution < -0.4 is 20.1 Å². The zero-order valence-electron chi connectivity index (χ0n) is 19.7. The molecule has 0 unspecified atom stereocenters. The van der Waals surface area contributed by atoms with Crippen molar-refractivity contribution >= 4 is 28.9 Å². The van der Waals surface area contributed by atoms with E-state index in [1.807, 2.05) is 32.0 Å². The number of aromatic nitrogens is 2. The van der Waals surface area contributed by atoms with Crippen LogP contribution in [0.5, 0.6) is 11.5 Å². The van der Waals surface area contributed by atoms with Gasteiger partial charge in [-0.05, 0) is 32.0 Å². The van der Waals surface area contributed by atoms with E-state index in [0.717, 1.165) is 23.4 Å². The van der Waals surface area contributed by atoms with E-state index in [4.69, 9.17) is 25.8 Å². The number of rotatable bonds is 9. The lowest BCUT2D eigenvalue weighted by molar-refractivity contribution is 0.0929. The summed E-state index contributed by atoms with van der Waals surface area (Å²) >= 11 is 6.35. The number of amides is 1. The molecule has 1 aliphatic heterocycles. The number of carbonyl (C=O) groups is 1. The minimum Gasteiger partial charge on any atom is -0.493 e. The van der Waals surface area contributed by atoms with E-state index in [0.29, 0.717) is 46.5 Å². The van der Waals surface area contributed by atoms with Gasteiger partial charge in [-0.25, -0.2) is 0 Å². The Labute approximate surface area is 204 Å². The molecule has 1 amide bonds. The minimum absolute atomic E-state index is 0.0174. The van der Waals surface area contributed by atoms with Gasteiger partial charge in [-0.3, -0.25) is 9.78 Å². The van der Waals surface area contributed by atoms with Crippen molar-refractivity contribution in [2.45, 2.75) is 38.8 Å². The zero-order chi connectivity index (χ0) is 24.2. The van der Waals surface area contributed by atoms with Crippen LogP contribution in [0.2, 0.25) is 5.02 Å². The standard InChI is InChI=1S/C25H29ClN4O4/c1-14-12-19-21(25(31)28-14)23(29-18-7-5-6-17(26)24(18)33-4)22(30-19)16-8-10-27-13-20(16)34-11-9-15(2)32-3/h5-8,10,13-15,29-30H,9,11-12H2,1-4H3,(H,28,31)/t14-,15-/m1/s1.